The van der Waals surface area contributed by atoms with Gasteiger partial charge in [-0.15, -0.1) is 0 Å². The quantitative estimate of drug-likeness (QED) is 0.839. The van der Waals surface area contributed by atoms with Gasteiger partial charge in [0, 0.05) is 5.56 Å². The van der Waals surface area contributed by atoms with Crippen molar-refractivity contribution >= 4 is 26.0 Å². The SMILES string of the molecule is Cc1c(S(N)(=O)=O)ccc(Br)c1F. The van der Waals surface area contributed by atoms with Crippen molar-refractivity contribution in [3.63, 3.8) is 0 Å². The molecular formula is C7H7BrFNO2S. The van der Waals surface area contributed by atoms with Crippen molar-refractivity contribution in [1.29, 1.82) is 0 Å². The molecule has 0 aliphatic heterocycles. The molecule has 0 radical (unpaired) electrons. The van der Waals surface area contributed by atoms with Crippen LogP contribution >= 0.6 is 15.9 Å². The number of rotatable bonds is 1. The smallest absolute Gasteiger partial charge is 0.225 e. The van der Waals surface area contributed by atoms with Gasteiger partial charge in [-0.25, -0.2) is 17.9 Å². The Hall–Kier alpha value is -0.460. The van der Waals surface area contributed by atoms with Gasteiger partial charge in [-0.3, -0.25) is 0 Å². The highest BCUT2D eigenvalue weighted by atomic mass is 79.9. The van der Waals surface area contributed by atoms with E-state index in [4.69, 9.17) is 5.14 Å². The molecule has 0 aromatic heterocycles. The number of nitrogens with two attached hydrogens (primary N) is 1. The number of sulfonamides is 1. The van der Waals surface area contributed by atoms with Crippen molar-refractivity contribution in [2.45, 2.75) is 11.8 Å². The Bertz CT molecular complexity index is 444. The topological polar surface area (TPSA) is 60.2 Å². The molecule has 1 aromatic rings. The van der Waals surface area contributed by atoms with Crippen molar-refractivity contribution < 1.29 is 12.8 Å². The third-order valence-corrected chi connectivity index (χ3v) is 3.26. The van der Waals surface area contributed by atoms with E-state index in [2.05, 4.69) is 15.9 Å². The van der Waals surface area contributed by atoms with Crippen LogP contribution < -0.4 is 5.14 Å². The molecule has 0 unspecified atom stereocenters. The third-order valence-electron chi connectivity index (χ3n) is 1.60. The summed E-state index contributed by atoms with van der Waals surface area (Å²) < 4.78 is 35.2. The lowest BCUT2D eigenvalue weighted by molar-refractivity contribution is 0.586. The lowest BCUT2D eigenvalue weighted by Crippen LogP contribution is -2.14. The van der Waals surface area contributed by atoms with E-state index in [0.717, 1.165) is 0 Å². The van der Waals surface area contributed by atoms with E-state index in [-0.39, 0.29) is 14.9 Å². The van der Waals surface area contributed by atoms with Crippen LogP contribution in [0.15, 0.2) is 21.5 Å². The number of hydrogen-bond acceptors (Lipinski definition) is 2. The van der Waals surface area contributed by atoms with Gasteiger partial charge in [0.15, 0.2) is 0 Å². The Morgan fingerprint density at radius 1 is 1.46 bits per heavy atom. The van der Waals surface area contributed by atoms with E-state index < -0.39 is 15.8 Å². The molecule has 0 fully saturated rings. The minimum Gasteiger partial charge on any atom is -0.225 e. The molecule has 0 spiro atoms. The number of halogens is 2. The van der Waals surface area contributed by atoms with E-state index in [1.165, 1.54) is 19.1 Å². The fourth-order valence-electron chi connectivity index (χ4n) is 0.943. The summed E-state index contributed by atoms with van der Waals surface area (Å²) in [6, 6.07) is 2.57. The number of benzene rings is 1. The first-order valence-corrected chi connectivity index (χ1v) is 5.65. The monoisotopic (exact) mass is 267 g/mol. The zero-order valence-electron chi connectivity index (χ0n) is 6.71. The van der Waals surface area contributed by atoms with Crippen molar-refractivity contribution in [2.75, 3.05) is 0 Å². The molecular weight excluding hydrogens is 261 g/mol. The molecule has 2 N–H and O–H groups in total. The van der Waals surface area contributed by atoms with Crippen LogP contribution in [-0.4, -0.2) is 8.42 Å². The summed E-state index contributed by atoms with van der Waals surface area (Å²) in [6.07, 6.45) is 0. The maximum absolute atomic E-state index is 13.2. The first-order chi connectivity index (χ1) is 5.84. The Morgan fingerprint density at radius 2 is 2.00 bits per heavy atom. The van der Waals surface area contributed by atoms with E-state index in [0.29, 0.717) is 0 Å². The van der Waals surface area contributed by atoms with Crippen molar-refractivity contribution in [2.24, 2.45) is 5.14 Å². The summed E-state index contributed by atoms with van der Waals surface area (Å²) in [5.74, 6) is -0.605. The number of primary sulfonamides is 1. The van der Waals surface area contributed by atoms with E-state index >= 15 is 0 Å². The van der Waals surface area contributed by atoms with Gasteiger partial charge in [-0.2, -0.15) is 0 Å². The maximum Gasteiger partial charge on any atom is 0.238 e. The molecule has 0 aliphatic rings. The standard InChI is InChI=1S/C7H7BrFNO2S/c1-4-6(13(10,11)12)3-2-5(8)7(4)9/h2-3H,1H3,(H2,10,11,12). The molecule has 0 amide bonds. The van der Waals surface area contributed by atoms with Gasteiger partial charge in [0.2, 0.25) is 10.0 Å². The highest BCUT2D eigenvalue weighted by molar-refractivity contribution is 9.10. The van der Waals surface area contributed by atoms with Crippen LogP contribution in [0.25, 0.3) is 0 Å². The molecule has 1 rings (SSSR count). The van der Waals surface area contributed by atoms with Gasteiger partial charge in [0.25, 0.3) is 0 Å². The second-order valence-electron chi connectivity index (χ2n) is 2.53. The normalized spacial score (nSPS) is 11.7. The fraction of sp³-hybridized carbons (Fsp3) is 0.143. The minimum absolute atomic E-state index is 0.0249. The van der Waals surface area contributed by atoms with Crippen LogP contribution in [0.1, 0.15) is 5.56 Å². The lowest BCUT2D eigenvalue weighted by atomic mass is 10.2. The van der Waals surface area contributed by atoms with Gasteiger partial charge in [-0.05, 0) is 35.0 Å². The van der Waals surface area contributed by atoms with Gasteiger partial charge in [0.1, 0.15) is 5.82 Å². The zero-order chi connectivity index (χ0) is 10.2. The predicted octanol–water partition coefficient (Wildman–Crippen LogP) is 1.54. The fourth-order valence-corrected chi connectivity index (χ4v) is 2.15. The molecule has 0 heterocycles. The van der Waals surface area contributed by atoms with Crippen molar-refractivity contribution in [3.8, 4) is 0 Å². The summed E-state index contributed by atoms with van der Waals surface area (Å²) in [6.45, 7) is 1.36. The molecule has 0 saturated carbocycles. The van der Waals surface area contributed by atoms with Crippen LogP contribution in [-0.2, 0) is 10.0 Å². The summed E-state index contributed by atoms with van der Waals surface area (Å²) in [4.78, 5) is -0.187. The van der Waals surface area contributed by atoms with E-state index in [1.54, 1.807) is 0 Å². The van der Waals surface area contributed by atoms with Crippen molar-refractivity contribution in [1.82, 2.24) is 0 Å². The van der Waals surface area contributed by atoms with Crippen molar-refractivity contribution in [3.05, 3.63) is 28.0 Å². The molecule has 13 heavy (non-hydrogen) atoms. The average Bonchev–Trinajstić information content (AvgIpc) is 1.98. The summed E-state index contributed by atoms with van der Waals surface area (Å²) >= 11 is 2.94. The maximum atomic E-state index is 13.2. The third kappa shape index (κ3) is 2.07. The van der Waals surface area contributed by atoms with Gasteiger partial charge < -0.3 is 0 Å². The largest absolute Gasteiger partial charge is 0.238 e. The molecule has 72 valence electrons. The summed E-state index contributed by atoms with van der Waals surface area (Å²) in [5, 5.41) is 4.87. The molecule has 0 aliphatic carbocycles. The zero-order valence-corrected chi connectivity index (χ0v) is 9.12. The van der Waals surface area contributed by atoms with E-state index in [1.807, 2.05) is 0 Å². The molecule has 0 atom stereocenters. The van der Waals surface area contributed by atoms with Gasteiger partial charge >= 0.3 is 0 Å². The first kappa shape index (κ1) is 10.6. The van der Waals surface area contributed by atoms with Crippen LogP contribution in [0, 0.1) is 12.7 Å². The molecule has 0 saturated heterocycles. The number of hydrogen-bond donors (Lipinski definition) is 1. The Labute approximate surface area is 83.9 Å². The van der Waals surface area contributed by atoms with Crippen LogP contribution in [0.2, 0.25) is 0 Å². The molecule has 3 nitrogen and oxygen atoms in total. The van der Waals surface area contributed by atoms with Gasteiger partial charge in [-0.1, -0.05) is 0 Å². The first-order valence-electron chi connectivity index (χ1n) is 3.31. The van der Waals surface area contributed by atoms with Crippen LogP contribution in [0.3, 0.4) is 0 Å². The Morgan fingerprint density at radius 3 is 2.46 bits per heavy atom. The summed E-state index contributed by atoms with van der Waals surface area (Å²) in [5.41, 5.74) is 0.0249. The second-order valence-corrected chi connectivity index (χ2v) is 4.91. The highest BCUT2D eigenvalue weighted by Gasteiger charge is 2.15. The van der Waals surface area contributed by atoms with Crippen LogP contribution in [0.5, 0.6) is 0 Å². The molecule has 0 bridgehead atoms. The lowest BCUT2D eigenvalue weighted by Gasteiger charge is -2.04. The summed E-state index contributed by atoms with van der Waals surface area (Å²) in [7, 11) is -3.83. The predicted molar refractivity (Wildman–Crippen MR) is 50.2 cm³/mol. The molecule has 1 aromatic carbocycles. The van der Waals surface area contributed by atoms with E-state index in [9.17, 15) is 12.8 Å². The highest BCUT2D eigenvalue weighted by Crippen LogP contribution is 2.23. The van der Waals surface area contributed by atoms with Crippen LogP contribution in [0.4, 0.5) is 4.39 Å². The van der Waals surface area contributed by atoms with Gasteiger partial charge in [0.05, 0.1) is 9.37 Å². The molecule has 6 heteroatoms. The average molecular weight is 268 g/mol. The second kappa shape index (κ2) is 3.36. The Kier molecular flexibility index (Phi) is 2.74. The Balaban J connectivity index is 3.53. The minimum atomic E-state index is -3.83.